The van der Waals surface area contributed by atoms with E-state index < -0.39 is 0 Å². The zero-order valence-corrected chi connectivity index (χ0v) is 14.6. The minimum Gasteiger partial charge on any atom is -0.492 e. The lowest BCUT2D eigenvalue weighted by Crippen LogP contribution is -2.27. The minimum atomic E-state index is 0.257. The molecule has 2 nitrogen and oxygen atoms in total. The molecular formula is C17H19BrClNO. The number of benzene rings is 2. The first kappa shape index (κ1) is 16.3. The van der Waals surface area contributed by atoms with Crippen LogP contribution in [-0.4, -0.2) is 25.1 Å². The van der Waals surface area contributed by atoms with Crippen molar-refractivity contribution >= 4 is 27.5 Å². The highest BCUT2D eigenvalue weighted by molar-refractivity contribution is 9.10. The molecule has 1 atom stereocenters. The molecule has 0 saturated heterocycles. The van der Waals surface area contributed by atoms with Gasteiger partial charge < -0.3 is 4.74 Å². The maximum Gasteiger partial charge on any atom is 0.119 e. The van der Waals surface area contributed by atoms with Crippen molar-refractivity contribution in [2.24, 2.45) is 0 Å². The molecule has 0 saturated carbocycles. The van der Waals surface area contributed by atoms with E-state index in [0.717, 1.165) is 27.4 Å². The average Bonchev–Trinajstić information content (AvgIpc) is 2.49. The Bertz CT molecular complexity index is 573. The van der Waals surface area contributed by atoms with Crippen LogP contribution in [0.5, 0.6) is 5.75 Å². The van der Waals surface area contributed by atoms with Crippen molar-refractivity contribution in [2.75, 3.05) is 20.2 Å². The molecule has 0 aliphatic carbocycles. The van der Waals surface area contributed by atoms with Gasteiger partial charge in [0.15, 0.2) is 0 Å². The summed E-state index contributed by atoms with van der Waals surface area (Å²) < 4.78 is 6.81. The Morgan fingerprint density at radius 2 is 1.81 bits per heavy atom. The van der Waals surface area contributed by atoms with Gasteiger partial charge in [-0.2, -0.15) is 0 Å². The minimum absolute atomic E-state index is 0.257. The molecule has 2 aromatic rings. The summed E-state index contributed by atoms with van der Waals surface area (Å²) in [5.74, 6) is 0.886. The van der Waals surface area contributed by atoms with Crippen LogP contribution in [0.25, 0.3) is 0 Å². The second-order valence-corrected chi connectivity index (χ2v) is 6.30. The maximum absolute atomic E-state index is 6.25. The Balaban J connectivity index is 1.85. The van der Waals surface area contributed by atoms with Gasteiger partial charge in [-0.05, 0) is 49.9 Å². The fraction of sp³-hybridized carbons (Fsp3) is 0.294. The third kappa shape index (κ3) is 4.73. The second kappa shape index (κ2) is 7.83. The van der Waals surface area contributed by atoms with Crippen LogP contribution >= 0.6 is 27.5 Å². The molecule has 0 aliphatic heterocycles. The van der Waals surface area contributed by atoms with Crippen LogP contribution in [0.15, 0.2) is 53.0 Å². The fourth-order valence-electron chi connectivity index (χ4n) is 2.08. The van der Waals surface area contributed by atoms with Crippen LogP contribution in [0.3, 0.4) is 0 Å². The van der Waals surface area contributed by atoms with Crippen LogP contribution in [0.4, 0.5) is 0 Å². The van der Waals surface area contributed by atoms with Crippen molar-refractivity contribution in [3.05, 3.63) is 63.6 Å². The topological polar surface area (TPSA) is 12.5 Å². The van der Waals surface area contributed by atoms with E-state index in [1.54, 1.807) is 0 Å². The highest BCUT2D eigenvalue weighted by atomic mass is 79.9. The summed E-state index contributed by atoms with van der Waals surface area (Å²) in [4.78, 5) is 2.24. The molecule has 112 valence electrons. The van der Waals surface area contributed by atoms with Crippen LogP contribution in [0.1, 0.15) is 18.5 Å². The predicted octanol–water partition coefficient (Wildman–Crippen LogP) is 5.17. The van der Waals surface area contributed by atoms with E-state index in [1.807, 2.05) is 42.5 Å². The van der Waals surface area contributed by atoms with E-state index in [4.69, 9.17) is 16.3 Å². The molecule has 0 N–H and O–H groups in total. The molecule has 0 spiro atoms. The predicted molar refractivity (Wildman–Crippen MR) is 92.1 cm³/mol. The Morgan fingerprint density at radius 3 is 2.48 bits per heavy atom. The molecule has 0 heterocycles. The van der Waals surface area contributed by atoms with Crippen molar-refractivity contribution in [1.82, 2.24) is 4.90 Å². The molecule has 1 unspecified atom stereocenters. The molecule has 2 aromatic carbocycles. The van der Waals surface area contributed by atoms with Crippen molar-refractivity contribution in [3.8, 4) is 5.75 Å². The smallest absolute Gasteiger partial charge is 0.119 e. The van der Waals surface area contributed by atoms with Crippen molar-refractivity contribution in [3.63, 3.8) is 0 Å². The second-order valence-electron chi connectivity index (χ2n) is 4.98. The van der Waals surface area contributed by atoms with Gasteiger partial charge in [0.1, 0.15) is 12.4 Å². The van der Waals surface area contributed by atoms with Gasteiger partial charge in [0.05, 0.1) is 0 Å². The first-order valence-electron chi connectivity index (χ1n) is 6.91. The van der Waals surface area contributed by atoms with Crippen LogP contribution in [0.2, 0.25) is 5.02 Å². The lowest BCUT2D eigenvalue weighted by atomic mass is 10.1. The Hall–Kier alpha value is -1.03. The Kier molecular flexibility index (Phi) is 6.09. The van der Waals surface area contributed by atoms with E-state index in [0.29, 0.717) is 6.61 Å². The van der Waals surface area contributed by atoms with Gasteiger partial charge in [-0.15, -0.1) is 0 Å². The number of rotatable bonds is 6. The van der Waals surface area contributed by atoms with E-state index in [-0.39, 0.29) is 6.04 Å². The van der Waals surface area contributed by atoms with Crippen molar-refractivity contribution in [2.45, 2.75) is 13.0 Å². The largest absolute Gasteiger partial charge is 0.492 e. The van der Waals surface area contributed by atoms with Gasteiger partial charge >= 0.3 is 0 Å². The van der Waals surface area contributed by atoms with Crippen molar-refractivity contribution in [1.29, 1.82) is 0 Å². The van der Waals surface area contributed by atoms with Gasteiger partial charge in [-0.3, -0.25) is 4.90 Å². The molecular weight excluding hydrogens is 350 g/mol. The maximum atomic E-state index is 6.25. The quantitative estimate of drug-likeness (QED) is 0.697. The molecule has 0 bridgehead atoms. The SMILES string of the molecule is CC(c1ccccc1Cl)N(C)CCOc1ccc(Br)cc1. The Labute approximate surface area is 139 Å². The van der Waals surface area contributed by atoms with E-state index in [2.05, 4.69) is 40.9 Å². The monoisotopic (exact) mass is 367 g/mol. The third-order valence-electron chi connectivity index (χ3n) is 3.54. The zero-order chi connectivity index (χ0) is 15.2. The standard InChI is InChI=1S/C17H19BrClNO/c1-13(16-5-3-4-6-17(16)19)20(2)11-12-21-15-9-7-14(18)8-10-15/h3-10,13H,11-12H2,1-2H3. The van der Waals surface area contributed by atoms with E-state index in [9.17, 15) is 0 Å². The van der Waals surface area contributed by atoms with Gasteiger partial charge in [-0.1, -0.05) is 45.7 Å². The highest BCUT2D eigenvalue weighted by Gasteiger charge is 2.14. The normalized spacial score (nSPS) is 12.4. The first-order valence-corrected chi connectivity index (χ1v) is 8.08. The molecule has 4 heteroatoms. The fourth-order valence-corrected chi connectivity index (χ4v) is 2.64. The lowest BCUT2D eigenvalue weighted by molar-refractivity contribution is 0.201. The molecule has 21 heavy (non-hydrogen) atoms. The summed E-state index contributed by atoms with van der Waals surface area (Å²) in [7, 11) is 2.08. The van der Waals surface area contributed by atoms with Gasteiger partial charge in [0, 0.05) is 22.1 Å². The van der Waals surface area contributed by atoms with E-state index >= 15 is 0 Å². The highest BCUT2D eigenvalue weighted by Crippen LogP contribution is 2.26. The first-order chi connectivity index (χ1) is 10.1. The Morgan fingerprint density at radius 1 is 1.14 bits per heavy atom. The summed E-state index contributed by atoms with van der Waals surface area (Å²) in [6.07, 6.45) is 0. The van der Waals surface area contributed by atoms with Gasteiger partial charge in [-0.25, -0.2) is 0 Å². The summed E-state index contributed by atoms with van der Waals surface area (Å²) in [5, 5.41) is 0.811. The third-order valence-corrected chi connectivity index (χ3v) is 4.42. The summed E-state index contributed by atoms with van der Waals surface area (Å²) in [6.45, 7) is 3.64. The zero-order valence-electron chi connectivity index (χ0n) is 12.2. The molecule has 0 radical (unpaired) electrons. The van der Waals surface area contributed by atoms with Gasteiger partial charge in [0.2, 0.25) is 0 Å². The van der Waals surface area contributed by atoms with Crippen LogP contribution in [0, 0.1) is 0 Å². The summed E-state index contributed by atoms with van der Waals surface area (Å²) in [6, 6.07) is 16.1. The van der Waals surface area contributed by atoms with Crippen LogP contribution < -0.4 is 4.74 Å². The number of hydrogen-bond donors (Lipinski definition) is 0. The molecule has 0 aliphatic rings. The number of ether oxygens (including phenoxy) is 1. The lowest BCUT2D eigenvalue weighted by Gasteiger charge is -2.25. The van der Waals surface area contributed by atoms with E-state index in [1.165, 1.54) is 0 Å². The summed E-state index contributed by atoms with van der Waals surface area (Å²) in [5.41, 5.74) is 1.14. The summed E-state index contributed by atoms with van der Waals surface area (Å²) >= 11 is 9.66. The number of likely N-dealkylation sites (N-methyl/N-ethyl adjacent to an activating group) is 1. The molecule has 2 rings (SSSR count). The number of halogens is 2. The van der Waals surface area contributed by atoms with Crippen molar-refractivity contribution < 1.29 is 4.74 Å². The molecule has 0 aromatic heterocycles. The molecule has 0 amide bonds. The van der Waals surface area contributed by atoms with Crippen LogP contribution in [-0.2, 0) is 0 Å². The average molecular weight is 369 g/mol. The van der Waals surface area contributed by atoms with Gasteiger partial charge in [0.25, 0.3) is 0 Å². The number of nitrogens with zero attached hydrogens (tertiary/aromatic N) is 1. The molecule has 0 fully saturated rings. The number of hydrogen-bond acceptors (Lipinski definition) is 2.